The van der Waals surface area contributed by atoms with Gasteiger partial charge in [-0.25, -0.2) is 0 Å². The number of nitrogens with one attached hydrogen (secondary N) is 1. The van der Waals surface area contributed by atoms with Crippen molar-refractivity contribution in [2.75, 3.05) is 5.32 Å². The zero-order chi connectivity index (χ0) is 27.8. The number of phenolic OH excluding ortho intramolecular Hbond substituents is 1. The van der Waals surface area contributed by atoms with Crippen molar-refractivity contribution in [2.45, 2.75) is 37.7 Å². The molecule has 3 atom stereocenters. The second kappa shape index (κ2) is 8.54. The second-order valence-corrected chi connectivity index (χ2v) is 10.7. The average molecular weight is 531 g/mol. The van der Waals surface area contributed by atoms with Crippen LogP contribution in [0.4, 0.5) is 5.69 Å². The second-order valence-electron chi connectivity index (χ2n) is 10.7. The number of Topliss-reactive ketones (excluding diaryl/α,β-unsaturated/α-hetero) is 2. The number of fused-ring (bicyclic) bond motifs is 3. The molecule has 0 heterocycles. The summed E-state index contributed by atoms with van der Waals surface area (Å²) in [5.74, 6) is -6.56. The molecule has 2 fully saturated rings. The van der Waals surface area contributed by atoms with E-state index in [-0.39, 0.29) is 48.0 Å². The molecule has 10 nitrogen and oxygen atoms in total. The lowest BCUT2D eigenvalue weighted by Crippen LogP contribution is -2.58. The summed E-state index contributed by atoms with van der Waals surface area (Å²) in [5.41, 5.74) is 4.33. The lowest BCUT2D eigenvalue weighted by Gasteiger charge is -2.46. The van der Waals surface area contributed by atoms with Crippen LogP contribution in [0.1, 0.15) is 36.8 Å². The zero-order valence-corrected chi connectivity index (χ0v) is 20.7. The number of hydrogen-bond acceptors (Lipinski definition) is 8. The van der Waals surface area contributed by atoms with Gasteiger partial charge in [0.15, 0.2) is 11.4 Å². The topological polar surface area (TPSA) is 187 Å². The average Bonchev–Trinajstić information content (AvgIpc) is 3.73. The summed E-state index contributed by atoms with van der Waals surface area (Å²) in [5, 5.41) is 46.9. The van der Waals surface area contributed by atoms with Crippen LogP contribution in [0.15, 0.2) is 53.3 Å². The summed E-state index contributed by atoms with van der Waals surface area (Å²) in [6, 6.07) is 10.2. The van der Waals surface area contributed by atoms with Crippen molar-refractivity contribution in [3.8, 4) is 16.9 Å². The number of benzene rings is 2. The van der Waals surface area contributed by atoms with Gasteiger partial charge in [-0.1, -0.05) is 18.2 Å². The van der Waals surface area contributed by atoms with Crippen LogP contribution < -0.4 is 11.1 Å². The van der Waals surface area contributed by atoms with Crippen molar-refractivity contribution in [1.82, 2.24) is 0 Å². The fourth-order valence-corrected chi connectivity index (χ4v) is 6.21. The number of aliphatic hydroxyl groups is 3. The first-order valence-corrected chi connectivity index (χ1v) is 12.8. The molecule has 10 heteroatoms. The van der Waals surface area contributed by atoms with Crippen LogP contribution in [0.5, 0.6) is 5.75 Å². The molecule has 0 aliphatic heterocycles. The van der Waals surface area contributed by atoms with Gasteiger partial charge in [0, 0.05) is 29.5 Å². The number of amides is 2. The lowest BCUT2D eigenvalue weighted by molar-refractivity contribution is -0.147. The first-order valence-electron chi connectivity index (χ1n) is 12.8. The van der Waals surface area contributed by atoms with Gasteiger partial charge in [0.05, 0.1) is 5.56 Å². The molecule has 4 aliphatic carbocycles. The number of aliphatic hydroxyl groups excluding tert-OH is 2. The maximum absolute atomic E-state index is 13.6. The van der Waals surface area contributed by atoms with E-state index in [1.807, 2.05) is 12.1 Å². The van der Waals surface area contributed by atoms with E-state index >= 15 is 0 Å². The highest BCUT2D eigenvalue weighted by atomic mass is 16.3. The Morgan fingerprint density at radius 1 is 0.974 bits per heavy atom. The van der Waals surface area contributed by atoms with Crippen molar-refractivity contribution < 1.29 is 39.6 Å². The van der Waals surface area contributed by atoms with Gasteiger partial charge in [-0.15, -0.1) is 0 Å². The van der Waals surface area contributed by atoms with Gasteiger partial charge in [-0.05, 0) is 66.5 Å². The van der Waals surface area contributed by atoms with Crippen molar-refractivity contribution in [1.29, 1.82) is 0 Å². The number of primary amides is 1. The van der Waals surface area contributed by atoms with Crippen LogP contribution in [-0.4, -0.2) is 49.4 Å². The van der Waals surface area contributed by atoms with Crippen LogP contribution in [0.2, 0.25) is 0 Å². The third-order valence-corrected chi connectivity index (χ3v) is 8.36. The molecule has 0 aromatic heterocycles. The number of nitrogens with two attached hydrogens (primary N) is 1. The number of phenols is 1. The summed E-state index contributed by atoms with van der Waals surface area (Å²) in [4.78, 5) is 50.0. The number of carbonyl (C=O) groups excluding carboxylic acids is 4. The Labute approximate surface area is 222 Å². The first-order chi connectivity index (χ1) is 18.5. The van der Waals surface area contributed by atoms with Crippen molar-refractivity contribution >= 4 is 34.8 Å². The Kier molecular flexibility index (Phi) is 5.44. The molecule has 39 heavy (non-hydrogen) atoms. The third kappa shape index (κ3) is 3.66. The normalized spacial score (nSPS) is 26.1. The number of hydrogen-bond donors (Lipinski definition) is 6. The van der Waals surface area contributed by atoms with Crippen LogP contribution in [0.3, 0.4) is 0 Å². The molecule has 6 rings (SSSR count). The maximum Gasteiger partial charge on any atom is 0.255 e. The van der Waals surface area contributed by atoms with Crippen molar-refractivity contribution in [3.05, 3.63) is 64.4 Å². The highest BCUT2D eigenvalue weighted by molar-refractivity contribution is 6.22. The summed E-state index contributed by atoms with van der Waals surface area (Å²) < 4.78 is 0. The van der Waals surface area contributed by atoms with Crippen LogP contribution in [0.25, 0.3) is 16.9 Å². The van der Waals surface area contributed by atoms with E-state index in [0.29, 0.717) is 16.8 Å². The number of anilines is 1. The van der Waals surface area contributed by atoms with E-state index in [4.69, 9.17) is 5.73 Å². The van der Waals surface area contributed by atoms with Gasteiger partial charge in [0.1, 0.15) is 22.8 Å². The Hall–Kier alpha value is -4.44. The zero-order valence-electron chi connectivity index (χ0n) is 20.7. The smallest absolute Gasteiger partial charge is 0.255 e. The number of aromatic hydroxyl groups is 1. The number of carbonyl (C=O) groups is 4. The Bertz CT molecular complexity index is 1550. The molecule has 0 saturated heterocycles. The molecule has 7 N–H and O–H groups in total. The van der Waals surface area contributed by atoms with Crippen LogP contribution >= 0.6 is 0 Å². The van der Waals surface area contributed by atoms with E-state index in [1.165, 1.54) is 6.07 Å². The van der Waals surface area contributed by atoms with E-state index in [0.717, 1.165) is 18.4 Å². The van der Waals surface area contributed by atoms with E-state index in [9.17, 15) is 39.6 Å². The molecule has 2 aromatic carbocycles. The largest absolute Gasteiger partial charge is 0.508 e. The van der Waals surface area contributed by atoms with Crippen molar-refractivity contribution in [2.24, 2.45) is 23.5 Å². The van der Waals surface area contributed by atoms with Gasteiger partial charge in [-0.2, -0.15) is 0 Å². The van der Waals surface area contributed by atoms with E-state index in [2.05, 4.69) is 5.32 Å². The monoisotopic (exact) mass is 530 g/mol. The summed E-state index contributed by atoms with van der Waals surface area (Å²) >= 11 is 0. The SMILES string of the molecule is NC(=O)C1=C(O)C2(O)C(=O)C3=C(O)c4c(O)ccc(-c5ccc(NC(=O)C6CC6)cc5)c4CC3CC2CC1=O. The van der Waals surface area contributed by atoms with Gasteiger partial charge in [0.25, 0.3) is 5.91 Å². The number of ketones is 2. The van der Waals surface area contributed by atoms with Gasteiger partial charge in [0.2, 0.25) is 11.7 Å². The quantitative estimate of drug-likeness (QED) is 0.325. The highest BCUT2D eigenvalue weighted by Crippen LogP contribution is 2.53. The number of rotatable bonds is 4. The maximum atomic E-state index is 13.6. The first kappa shape index (κ1) is 24.9. The molecular formula is C29H26N2O8. The fourth-order valence-electron chi connectivity index (χ4n) is 6.21. The predicted molar refractivity (Wildman–Crippen MR) is 138 cm³/mol. The molecule has 0 bridgehead atoms. The molecular weight excluding hydrogens is 504 g/mol. The lowest BCUT2D eigenvalue weighted by atomic mass is 9.59. The molecule has 0 radical (unpaired) electrons. The van der Waals surface area contributed by atoms with Gasteiger partial charge < -0.3 is 31.5 Å². The van der Waals surface area contributed by atoms with Crippen LogP contribution in [-0.2, 0) is 25.6 Å². The molecule has 2 aromatic rings. The molecule has 200 valence electrons. The summed E-state index contributed by atoms with van der Waals surface area (Å²) in [7, 11) is 0. The molecule has 2 saturated carbocycles. The Balaban J connectivity index is 1.42. The Morgan fingerprint density at radius 2 is 1.67 bits per heavy atom. The predicted octanol–water partition coefficient (Wildman–Crippen LogP) is 2.44. The summed E-state index contributed by atoms with van der Waals surface area (Å²) in [6.07, 6.45) is 1.67. The molecule has 3 unspecified atom stereocenters. The molecule has 2 amide bonds. The minimum atomic E-state index is -2.59. The van der Waals surface area contributed by atoms with Gasteiger partial charge >= 0.3 is 0 Å². The van der Waals surface area contributed by atoms with Crippen molar-refractivity contribution in [3.63, 3.8) is 0 Å². The third-order valence-electron chi connectivity index (χ3n) is 8.36. The highest BCUT2D eigenvalue weighted by Gasteiger charge is 2.60. The van der Waals surface area contributed by atoms with E-state index in [1.54, 1.807) is 18.2 Å². The molecule has 4 aliphatic rings. The standard InChI is InChI=1S/C29H26N2O8/c30-27(37)23-20(33)11-15-9-14-10-18-17(12-3-5-16(6-4-12)31-28(38)13-1-2-13)7-8-19(32)22(18)24(34)21(14)25(35)29(15,39)26(23)36/h3-8,13-15,32,34,36,39H,1-2,9-11H2,(H2,30,37)(H,31,38). The van der Waals surface area contributed by atoms with Crippen LogP contribution in [0, 0.1) is 17.8 Å². The molecule has 0 spiro atoms. The summed E-state index contributed by atoms with van der Waals surface area (Å²) in [6.45, 7) is 0. The Morgan fingerprint density at radius 3 is 2.31 bits per heavy atom. The minimum Gasteiger partial charge on any atom is -0.508 e. The minimum absolute atomic E-state index is 0.0145. The van der Waals surface area contributed by atoms with Gasteiger partial charge in [-0.3, -0.25) is 19.2 Å². The van der Waals surface area contributed by atoms with E-state index < -0.39 is 52.0 Å². The fraction of sp³-hybridized carbons (Fsp3) is 0.310.